The van der Waals surface area contributed by atoms with E-state index in [0.717, 1.165) is 24.5 Å². The van der Waals surface area contributed by atoms with Crippen molar-refractivity contribution in [1.82, 2.24) is 0 Å². The van der Waals surface area contributed by atoms with Crippen molar-refractivity contribution in [2.75, 3.05) is 0 Å². The van der Waals surface area contributed by atoms with Gasteiger partial charge in [0, 0.05) is 6.07 Å². The molecule has 0 radical (unpaired) electrons. The number of hydrogen-bond acceptors (Lipinski definition) is 0. The maximum atomic E-state index is 14.5. The summed E-state index contributed by atoms with van der Waals surface area (Å²) in [6, 6.07) is 10.6. The molecule has 3 heteroatoms. The van der Waals surface area contributed by atoms with Gasteiger partial charge in [-0.1, -0.05) is 59.7 Å². The molecule has 27 heavy (non-hydrogen) atoms. The molecule has 0 nitrogen and oxygen atoms in total. The summed E-state index contributed by atoms with van der Waals surface area (Å²) in [5.74, 6) is -0.741. The minimum absolute atomic E-state index is 0.132. The van der Waals surface area contributed by atoms with Gasteiger partial charge in [-0.15, -0.1) is 0 Å². The Bertz CT molecular complexity index is 762. The molecule has 2 unspecified atom stereocenters. The van der Waals surface area contributed by atoms with Crippen LogP contribution < -0.4 is 0 Å². The second-order valence-electron chi connectivity index (χ2n) is 8.86. The molecule has 2 atom stereocenters. The van der Waals surface area contributed by atoms with E-state index in [9.17, 15) is 13.2 Å². The lowest BCUT2D eigenvalue weighted by Crippen LogP contribution is -2.33. The summed E-state index contributed by atoms with van der Waals surface area (Å²) in [4.78, 5) is 0. The van der Waals surface area contributed by atoms with Gasteiger partial charge in [-0.05, 0) is 64.8 Å². The van der Waals surface area contributed by atoms with Gasteiger partial charge in [0.1, 0.15) is 17.5 Å². The topological polar surface area (TPSA) is 0 Å². The van der Waals surface area contributed by atoms with Crippen LogP contribution in [0.2, 0.25) is 0 Å². The van der Waals surface area contributed by atoms with Gasteiger partial charge in [-0.25, -0.2) is 13.2 Å². The molecular weight excluding hydrogens is 345 g/mol. The smallest absolute Gasteiger partial charge is 0.129 e. The Morgan fingerprint density at radius 3 is 1.89 bits per heavy atom. The van der Waals surface area contributed by atoms with Gasteiger partial charge in [0.15, 0.2) is 0 Å². The molecule has 0 amide bonds. The summed E-state index contributed by atoms with van der Waals surface area (Å²) < 4.78 is 41.1. The molecule has 2 aromatic carbocycles. The lowest BCUT2D eigenvalue weighted by molar-refractivity contribution is 0.240. The summed E-state index contributed by atoms with van der Waals surface area (Å²) in [5.41, 5.74) is 1.15. The maximum Gasteiger partial charge on any atom is 0.129 e. The van der Waals surface area contributed by atoms with Crippen molar-refractivity contribution in [2.24, 2.45) is 11.8 Å². The molecule has 0 aliphatic heterocycles. The van der Waals surface area contributed by atoms with Gasteiger partial charge < -0.3 is 0 Å². The third-order valence-electron chi connectivity index (χ3n) is 6.74. The predicted octanol–water partition coefficient (Wildman–Crippen LogP) is 7.41. The minimum atomic E-state index is -0.548. The molecule has 2 aromatic rings. The zero-order valence-corrected chi connectivity index (χ0v) is 17.2. The predicted molar refractivity (Wildman–Crippen MR) is 106 cm³/mol. The first-order valence-electron chi connectivity index (χ1n) is 9.70. The van der Waals surface area contributed by atoms with Crippen molar-refractivity contribution < 1.29 is 13.2 Å². The van der Waals surface area contributed by atoms with Gasteiger partial charge in [0.2, 0.25) is 0 Å². The third kappa shape index (κ3) is 4.56. The lowest BCUT2D eigenvalue weighted by Gasteiger charge is -2.39. The molecule has 0 spiro atoms. The van der Waals surface area contributed by atoms with Crippen LogP contribution in [-0.4, -0.2) is 0 Å². The molecule has 148 valence electrons. The van der Waals surface area contributed by atoms with Gasteiger partial charge in [-0.2, -0.15) is 0 Å². The molecule has 0 aliphatic carbocycles. The largest absolute Gasteiger partial charge is 0.207 e. The highest BCUT2D eigenvalue weighted by atomic mass is 19.1. The van der Waals surface area contributed by atoms with E-state index < -0.39 is 11.6 Å². The van der Waals surface area contributed by atoms with Crippen molar-refractivity contribution in [1.29, 1.82) is 0 Å². The van der Waals surface area contributed by atoms with Gasteiger partial charge >= 0.3 is 0 Å². The number of benzene rings is 2. The zero-order chi connectivity index (χ0) is 20.4. The fraction of sp³-hybridized carbons (Fsp3) is 0.500. The molecule has 0 heterocycles. The van der Waals surface area contributed by atoms with E-state index in [1.807, 2.05) is 12.1 Å². The number of hydrogen-bond donors (Lipinski definition) is 0. The molecule has 0 N–H and O–H groups in total. The summed E-state index contributed by atoms with van der Waals surface area (Å²) in [6.45, 7) is 12.7. The van der Waals surface area contributed by atoms with Crippen LogP contribution in [-0.2, 0) is 10.8 Å². The molecule has 0 aliphatic rings. The molecular formula is C24H31F3. The number of halogens is 3. The van der Waals surface area contributed by atoms with E-state index in [4.69, 9.17) is 0 Å². The van der Waals surface area contributed by atoms with Crippen LogP contribution >= 0.6 is 0 Å². The van der Waals surface area contributed by atoms with E-state index >= 15 is 0 Å². The molecule has 2 rings (SSSR count). The third-order valence-corrected chi connectivity index (χ3v) is 6.74. The van der Waals surface area contributed by atoms with E-state index in [0.29, 0.717) is 11.5 Å². The summed E-state index contributed by atoms with van der Waals surface area (Å²) in [5, 5.41) is 0. The molecule has 0 bridgehead atoms. The number of rotatable bonds is 7. The molecule has 0 saturated carbocycles. The molecule has 0 fully saturated rings. The quantitative estimate of drug-likeness (QED) is 0.472. The van der Waals surface area contributed by atoms with Crippen LogP contribution in [0.25, 0.3) is 0 Å². The Morgan fingerprint density at radius 1 is 0.815 bits per heavy atom. The summed E-state index contributed by atoms with van der Waals surface area (Å²) in [7, 11) is 0. The van der Waals surface area contributed by atoms with Crippen LogP contribution in [0, 0.1) is 29.3 Å². The van der Waals surface area contributed by atoms with Crippen molar-refractivity contribution in [3.8, 4) is 0 Å². The average Bonchev–Trinajstić information content (AvgIpc) is 2.59. The van der Waals surface area contributed by atoms with Crippen LogP contribution in [0.5, 0.6) is 0 Å². The fourth-order valence-electron chi connectivity index (χ4n) is 3.73. The molecule has 0 saturated heterocycles. The van der Waals surface area contributed by atoms with E-state index in [-0.39, 0.29) is 22.6 Å². The standard InChI is InChI=1S/C24H31F3/c1-16(2)24(6,21-12-11-20(26)15-22(21)27)14-13-17(3)23(4,5)18-7-9-19(25)10-8-18/h7-12,15-17H,13-14H2,1-6H3. The zero-order valence-electron chi connectivity index (χ0n) is 17.2. The molecule has 0 aromatic heterocycles. The monoisotopic (exact) mass is 376 g/mol. The Labute approximate surface area is 161 Å². The van der Waals surface area contributed by atoms with Crippen LogP contribution in [0.4, 0.5) is 13.2 Å². The van der Waals surface area contributed by atoms with Crippen LogP contribution in [0.3, 0.4) is 0 Å². The average molecular weight is 377 g/mol. The second-order valence-corrected chi connectivity index (χ2v) is 8.86. The van der Waals surface area contributed by atoms with E-state index in [1.165, 1.54) is 18.2 Å². The summed E-state index contributed by atoms with van der Waals surface area (Å²) >= 11 is 0. The Hall–Kier alpha value is -1.77. The van der Waals surface area contributed by atoms with Gasteiger partial charge in [0.05, 0.1) is 0 Å². The van der Waals surface area contributed by atoms with Crippen molar-refractivity contribution in [3.63, 3.8) is 0 Å². The first-order chi connectivity index (χ1) is 12.5. The Morgan fingerprint density at radius 2 is 1.37 bits per heavy atom. The van der Waals surface area contributed by atoms with E-state index in [2.05, 4.69) is 41.5 Å². The van der Waals surface area contributed by atoms with Crippen molar-refractivity contribution >= 4 is 0 Å². The first-order valence-corrected chi connectivity index (χ1v) is 9.70. The van der Waals surface area contributed by atoms with Crippen molar-refractivity contribution in [2.45, 2.75) is 65.2 Å². The Kier molecular flexibility index (Phi) is 6.44. The van der Waals surface area contributed by atoms with E-state index in [1.54, 1.807) is 6.07 Å². The normalized spacial score (nSPS) is 15.6. The minimum Gasteiger partial charge on any atom is -0.207 e. The second kappa shape index (κ2) is 8.08. The lowest BCUT2D eigenvalue weighted by atomic mass is 9.66. The van der Waals surface area contributed by atoms with Crippen molar-refractivity contribution in [3.05, 3.63) is 71.0 Å². The first kappa shape index (κ1) is 21.5. The maximum absolute atomic E-state index is 14.5. The highest BCUT2D eigenvalue weighted by molar-refractivity contribution is 5.28. The van der Waals surface area contributed by atoms with Gasteiger partial charge in [-0.3, -0.25) is 0 Å². The highest BCUT2D eigenvalue weighted by Gasteiger charge is 2.36. The summed E-state index contributed by atoms with van der Waals surface area (Å²) in [6.07, 6.45) is 1.68. The van der Waals surface area contributed by atoms with Gasteiger partial charge in [0.25, 0.3) is 0 Å². The Balaban J connectivity index is 2.23. The SMILES string of the molecule is CC(CCC(C)(c1ccc(F)cc1F)C(C)C)C(C)(C)c1ccc(F)cc1. The highest BCUT2D eigenvalue weighted by Crippen LogP contribution is 2.42. The fourth-order valence-corrected chi connectivity index (χ4v) is 3.73. The van der Waals surface area contributed by atoms with Crippen LogP contribution in [0.1, 0.15) is 65.5 Å². The van der Waals surface area contributed by atoms with Crippen LogP contribution in [0.15, 0.2) is 42.5 Å².